The van der Waals surface area contributed by atoms with Crippen LogP contribution in [0.25, 0.3) is 0 Å². The fourth-order valence-corrected chi connectivity index (χ4v) is 3.41. The van der Waals surface area contributed by atoms with Crippen molar-refractivity contribution in [2.45, 2.75) is 65.1 Å². The number of aryl methyl sites for hydroxylation is 1. The SMILES string of the molecule is Cc1ncsc1CNCCC1CCCN1C(=O)OC(C)(C)C. The van der Waals surface area contributed by atoms with Gasteiger partial charge in [0.2, 0.25) is 0 Å². The lowest BCUT2D eigenvalue weighted by Gasteiger charge is -2.28. The summed E-state index contributed by atoms with van der Waals surface area (Å²) >= 11 is 1.69. The summed E-state index contributed by atoms with van der Waals surface area (Å²) in [6.07, 6.45) is 2.93. The lowest BCUT2D eigenvalue weighted by atomic mass is 10.1. The minimum atomic E-state index is -0.424. The Morgan fingerprint density at radius 2 is 2.32 bits per heavy atom. The zero-order chi connectivity index (χ0) is 16.2. The third-order valence-electron chi connectivity index (χ3n) is 3.79. The van der Waals surface area contributed by atoms with E-state index in [2.05, 4.69) is 10.3 Å². The summed E-state index contributed by atoms with van der Waals surface area (Å²) in [5, 5.41) is 3.45. The zero-order valence-corrected chi connectivity index (χ0v) is 14.8. The molecule has 0 radical (unpaired) electrons. The molecular formula is C16H27N3O2S. The molecule has 0 bridgehead atoms. The molecule has 5 nitrogen and oxygen atoms in total. The number of ether oxygens (including phenoxy) is 1. The van der Waals surface area contributed by atoms with Crippen molar-refractivity contribution in [3.63, 3.8) is 0 Å². The van der Waals surface area contributed by atoms with Crippen LogP contribution in [0.15, 0.2) is 5.51 Å². The van der Waals surface area contributed by atoms with Crippen molar-refractivity contribution >= 4 is 17.4 Å². The van der Waals surface area contributed by atoms with Gasteiger partial charge in [-0.3, -0.25) is 0 Å². The Hall–Kier alpha value is -1.14. The average molecular weight is 325 g/mol. The van der Waals surface area contributed by atoms with Gasteiger partial charge in [0.15, 0.2) is 0 Å². The molecule has 0 aromatic carbocycles. The van der Waals surface area contributed by atoms with Crippen molar-refractivity contribution in [1.82, 2.24) is 15.2 Å². The number of thiazole rings is 1. The van der Waals surface area contributed by atoms with Crippen molar-refractivity contribution in [3.8, 4) is 0 Å². The maximum Gasteiger partial charge on any atom is 0.410 e. The first-order chi connectivity index (χ1) is 10.4. The van der Waals surface area contributed by atoms with Gasteiger partial charge in [-0.2, -0.15) is 0 Å². The van der Waals surface area contributed by atoms with Gasteiger partial charge in [0.25, 0.3) is 0 Å². The molecule has 1 saturated heterocycles. The number of carbonyl (C=O) groups is 1. The second kappa shape index (κ2) is 7.42. The molecule has 0 spiro atoms. The fourth-order valence-electron chi connectivity index (χ4n) is 2.66. The van der Waals surface area contributed by atoms with E-state index in [0.717, 1.165) is 44.6 Å². The molecule has 1 atom stereocenters. The highest BCUT2D eigenvalue weighted by atomic mass is 32.1. The van der Waals surface area contributed by atoms with Crippen LogP contribution in [0.3, 0.4) is 0 Å². The summed E-state index contributed by atoms with van der Waals surface area (Å²) < 4.78 is 5.49. The standard InChI is InChI=1S/C16H27N3O2S/c1-12-14(22-11-18-12)10-17-8-7-13-6-5-9-19(13)15(20)21-16(2,3)4/h11,13,17H,5-10H2,1-4H3. The molecule has 22 heavy (non-hydrogen) atoms. The van der Waals surface area contributed by atoms with E-state index < -0.39 is 5.60 Å². The van der Waals surface area contributed by atoms with Crippen molar-refractivity contribution in [3.05, 3.63) is 16.1 Å². The maximum absolute atomic E-state index is 12.2. The van der Waals surface area contributed by atoms with Crippen molar-refractivity contribution < 1.29 is 9.53 Å². The molecule has 1 aromatic rings. The van der Waals surface area contributed by atoms with Gasteiger partial charge < -0.3 is 15.0 Å². The Labute approximate surface area is 137 Å². The van der Waals surface area contributed by atoms with E-state index in [9.17, 15) is 4.79 Å². The quantitative estimate of drug-likeness (QED) is 0.844. The van der Waals surface area contributed by atoms with Crippen LogP contribution in [0.4, 0.5) is 4.79 Å². The van der Waals surface area contributed by atoms with Gasteiger partial charge in [0, 0.05) is 24.0 Å². The summed E-state index contributed by atoms with van der Waals surface area (Å²) in [6.45, 7) is 10.3. The highest BCUT2D eigenvalue weighted by Gasteiger charge is 2.31. The normalized spacial score (nSPS) is 18.7. The molecule has 2 rings (SSSR count). The monoisotopic (exact) mass is 325 g/mol. The smallest absolute Gasteiger partial charge is 0.410 e. The van der Waals surface area contributed by atoms with Crippen molar-refractivity contribution in [1.29, 1.82) is 0 Å². The number of amides is 1. The Morgan fingerprint density at radius 1 is 1.55 bits per heavy atom. The van der Waals surface area contributed by atoms with Crippen LogP contribution in [0.2, 0.25) is 0 Å². The number of hydrogen-bond acceptors (Lipinski definition) is 5. The Morgan fingerprint density at radius 3 is 2.95 bits per heavy atom. The van der Waals surface area contributed by atoms with Gasteiger partial charge in [-0.15, -0.1) is 11.3 Å². The van der Waals surface area contributed by atoms with E-state index in [-0.39, 0.29) is 6.09 Å². The molecule has 1 aliphatic rings. The van der Waals surface area contributed by atoms with E-state index in [4.69, 9.17) is 4.74 Å². The van der Waals surface area contributed by atoms with Crippen LogP contribution in [-0.2, 0) is 11.3 Å². The first-order valence-corrected chi connectivity index (χ1v) is 8.84. The molecular weight excluding hydrogens is 298 g/mol. The predicted molar refractivity (Wildman–Crippen MR) is 89.1 cm³/mol. The van der Waals surface area contributed by atoms with Crippen LogP contribution in [0.5, 0.6) is 0 Å². The molecule has 124 valence electrons. The molecule has 1 aliphatic heterocycles. The molecule has 2 heterocycles. The number of nitrogens with one attached hydrogen (secondary N) is 1. The number of aromatic nitrogens is 1. The van der Waals surface area contributed by atoms with E-state index >= 15 is 0 Å². The van der Waals surface area contributed by atoms with Gasteiger partial charge in [-0.25, -0.2) is 9.78 Å². The van der Waals surface area contributed by atoms with Gasteiger partial charge in [-0.05, 0) is 53.5 Å². The highest BCUT2D eigenvalue weighted by Crippen LogP contribution is 2.22. The summed E-state index contributed by atoms with van der Waals surface area (Å²) in [4.78, 5) is 19.6. The van der Waals surface area contributed by atoms with E-state index in [1.165, 1.54) is 4.88 Å². The number of carbonyl (C=O) groups excluding carboxylic acids is 1. The molecule has 1 fully saturated rings. The van der Waals surface area contributed by atoms with Crippen LogP contribution in [-0.4, -0.2) is 40.7 Å². The minimum Gasteiger partial charge on any atom is -0.444 e. The first kappa shape index (κ1) is 17.2. The van der Waals surface area contributed by atoms with Crippen LogP contribution < -0.4 is 5.32 Å². The van der Waals surface area contributed by atoms with Gasteiger partial charge in [-0.1, -0.05) is 0 Å². The van der Waals surface area contributed by atoms with E-state index in [0.29, 0.717) is 6.04 Å². The number of rotatable bonds is 5. The maximum atomic E-state index is 12.2. The minimum absolute atomic E-state index is 0.173. The van der Waals surface area contributed by atoms with Crippen molar-refractivity contribution in [2.75, 3.05) is 13.1 Å². The highest BCUT2D eigenvalue weighted by molar-refractivity contribution is 7.09. The lowest BCUT2D eigenvalue weighted by Crippen LogP contribution is -2.40. The predicted octanol–water partition coefficient (Wildman–Crippen LogP) is 3.33. The lowest BCUT2D eigenvalue weighted by molar-refractivity contribution is 0.0221. The Kier molecular flexibility index (Phi) is 5.81. The second-order valence-corrected chi connectivity index (χ2v) is 7.74. The van der Waals surface area contributed by atoms with Crippen LogP contribution >= 0.6 is 11.3 Å². The van der Waals surface area contributed by atoms with Gasteiger partial charge in [0.05, 0.1) is 11.2 Å². The molecule has 1 aromatic heterocycles. The number of hydrogen-bond donors (Lipinski definition) is 1. The summed E-state index contributed by atoms with van der Waals surface area (Å²) in [6, 6.07) is 0.296. The molecule has 1 amide bonds. The molecule has 6 heteroatoms. The zero-order valence-electron chi connectivity index (χ0n) is 14.0. The Balaban J connectivity index is 1.74. The third kappa shape index (κ3) is 4.95. The summed E-state index contributed by atoms with van der Waals surface area (Å²) in [5.41, 5.74) is 2.56. The fraction of sp³-hybridized carbons (Fsp3) is 0.750. The second-order valence-electron chi connectivity index (χ2n) is 6.80. The van der Waals surface area contributed by atoms with Gasteiger partial charge >= 0.3 is 6.09 Å². The number of likely N-dealkylation sites (tertiary alicyclic amines) is 1. The summed E-state index contributed by atoms with van der Waals surface area (Å²) in [7, 11) is 0. The Bertz CT molecular complexity index is 496. The van der Waals surface area contributed by atoms with Gasteiger partial charge in [0.1, 0.15) is 5.60 Å². The molecule has 1 unspecified atom stereocenters. The topological polar surface area (TPSA) is 54.5 Å². The van der Waals surface area contributed by atoms with Crippen LogP contribution in [0.1, 0.15) is 50.6 Å². The summed E-state index contributed by atoms with van der Waals surface area (Å²) in [5.74, 6) is 0. The van der Waals surface area contributed by atoms with Crippen molar-refractivity contribution in [2.24, 2.45) is 0 Å². The molecule has 0 saturated carbocycles. The van der Waals surface area contributed by atoms with Crippen LogP contribution in [0, 0.1) is 6.92 Å². The first-order valence-electron chi connectivity index (χ1n) is 7.96. The number of nitrogens with zero attached hydrogens (tertiary/aromatic N) is 2. The molecule has 0 aliphatic carbocycles. The average Bonchev–Trinajstić information content (AvgIpc) is 3.02. The molecule has 1 N–H and O–H groups in total. The van der Waals surface area contributed by atoms with E-state index in [1.54, 1.807) is 11.3 Å². The largest absolute Gasteiger partial charge is 0.444 e. The third-order valence-corrected chi connectivity index (χ3v) is 4.72. The van der Waals surface area contributed by atoms with E-state index in [1.807, 2.05) is 38.1 Å².